The maximum Gasteiger partial charge on any atom is 0.336 e. The third-order valence-electron chi connectivity index (χ3n) is 7.02. The molecule has 0 radical (unpaired) electrons. The van der Waals surface area contributed by atoms with Crippen molar-refractivity contribution in [2.45, 2.75) is 11.6 Å². The van der Waals surface area contributed by atoms with Crippen LogP contribution in [-0.2, 0) is 0 Å². The molecular weight excluding hydrogens is 515 g/mol. The summed E-state index contributed by atoms with van der Waals surface area (Å²) in [5, 5.41) is 21.4. The average molecular weight is 536 g/mol. The molecule has 1 aromatic heterocycles. The van der Waals surface area contributed by atoms with Gasteiger partial charge in [-0.05, 0) is 48.6 Å². The van der Waals surface area contributed by atoms with E-state index in [1.165, 1.54) is 21.5 Å². The Labute approximate surface area is 222 Å². The number of rotatable bonds is 5. The first-order valence-corrected chi connectivity index (χ1v) is 13.6. The zero-order chi connectivity index (χ0) is 27.3. The number of benzene rings is 4. The molecule has 0 saturated heterocycles. The van der Waals surface area contributed by atoms with E-state index in [0.717, 1.165) is 5.30 Å². The van der Waals surface area contributed by atoms with Crippen molar-refractivity contribution in [3.63, 3.8) is 0 Å². The minimum atomic E-state index is -1.62. The van der Waals surface area contributed by atoms with Crippen molar-refractivity contribution in [2.75, 3.05) is 0 Å². The summed E-state index contributed by atoms with van der Waals surface area (Å²) in [5.74, 6) is -4.03. The summed E-state index contributed by atoms with van der Waals surface area (Å²) in [6.07, 6.45) is 0. The molecule has 0 amide bonds. The van der Waals surface area contributed by atoms with E-state index < -0.39 is 42.5 Å². The molecule has 0 saturated carbocycles. The molecule has 0 aliphatic carbocycles. The number of aromatic carboxylic acids is 2. The summed E-state index contributed by atoms with van der Waals surface area (Å²) < 4.78 is 2.71. The highest BCUT2D eigenvalue weighted by Crippen LogP contribution is 2.65. The number of hydrogen-bond acceptors (Lipinski definition) is 4. The summed E-state index contributed by atoms with van der Waals surface area (Å²) in [6, 6.07) is 28.7. The largest absolute Gasteiger partial charge is 0.478 e. The SMILES string of the molecule is O=C(O)c1ccccc1[C@@H]1n2c(=O)c3ccccc3c(=O)n2[C@@H](c2ccccc2C(=O)O)P1c1ccccc1. The van der Waals surface area contributed by atoms with Crippen LogP contribution in [0, 0.1) is 0 Å². The maximum absolute atomic E-state index is 14.2. The lowest BCUT2D eigenvalue weighted by Crippen LogP contribution is -2.37. The second-order valence-corrected chi connectivity index (χ2v) is 11.4. The van der Waals surface area contributed by atoms with Gasteiger partial charge in [-0.1, -0.05) is 78.9 Å². The van der Waals surface area contributed by atoms with Crippen LogP contribution >= 0.6 is 7.92 Å². The fourth-order valence-corrected chi connectivity index (χ4v) is 8.71. The second kappa shape index (κ2) is 9.49. The molecule has 192 valence electrons. The monoisotopic (exact) mass is 536 g/mol. The Bertz CT molecular complexity index is 1780. The summed E-state index contributed by atoms with van der Waals surface area (Å²) in [7, 11) is -1.62. The van der Waals surface area contributed by atoms with Crippen LogP contribution in [0.4, 0.5) is 0 Å². The smallest absolute Gasteiger partial charge is 0.336 e. The Morgan fingerprint density at radius 1 is 0.564 bits per heavy atom. The molecule has 5 aromatic rings. The number of carbonyl (C=O) groups is 2. The number of carboxylic acids is 2. The van der Waals surface area contributed by atoms with E-state index in [9.17, 15) is 29.4 Å². The molecule has 2 N–H and O–H groups in total. The first kappa shape index (κ1) is 24.5. The Morgan fingerprint density at radius 2 is 0.949 bits per heavy atom. The lowest BCUT2D eigenvalue weighted by Gasteiger charge is -2.26. The lowest BCUT2D eigenvalue weighted by molar-refractivity contribution is 0.0684. The van der Waals surface area contributed by atoms with Crippen LogP contribution < -0.4 is 16.4 Å². The van der Waals surface area contributed by atoms with Crippen LogP contribution in [0.15, 0.2) is 113 Å². The van der Waals surface area contributed by atoms with Crippen LogP contribution in [0.2, 0.25) is 0 Å². The lowest BCUT2D eigenvalue weighted by atomic mass is 10.1. The molecule has 6 rings (SSSR count). The van der Waals surface area contributed by atoms with Gasteiger partial charge in [-0.3, -0.25) is 9.59 Å². The van der Waals surface area contributed by atoms with E-state index in [0.29, 0.717) is 11.1 Å². The van der Waals surface area contributed by atoms with Crippen molar-refractivity contribution in [1.82, 2.24) is 9.36 Å². The first-order chi connectivity index (χ1) is 18.9. The predicted octanol–water partition coefficient (Wildman–Crippen LogP) is 4.47. The van der Waals surface area contributed by atoms with E-state index in [-0.39, 0.29) is 21.9 Å². The van der Waals surface area contributed by atoms with Gasteiger partial charge in [0, 0.05) is 0 Å². The number of carboxylic acid groups (broad SMARTS) is 2. The summed E-state index contributed by atoms with van der Waals surface area (Å²) in [6.45, 7) is 0. The van der Waals surface area contributed by atoms with Gasteiger partial charge in [-0.25, -0.2) is 19.0 Å². The van der Waals surface area contributed by atoms with Gasteiger partial charge in [-0.2, -0.15) is 0 Å². The van der Waals surface area contributed by atoms with Crippen LogP contribution in [0.1, 0.15) is 43.4 Å². The molecule has 0 spiro atoms. The fourth-order valence-electron chi connectivity index (χ4n) is 5.41. The van der Waals surface area contributed by atoms with Gasteiger partial charge in [0.15, 0.2) is 0 Å². The molecule has 1 aliphatic rings. The molecule has 9 heteroatoms. The zero-order valence-electron chi connectivity index (χ0n) is 20.3. The number of aromatic nitrogens is 2. The molecule has 2 heterocycles. The van der Waals surface area contributed by atoms with Gasteiger partial charge in [0.2, 0.25) is 0 Å². The van der Waals surface area contributed by atoms with Crippen molar-refractivity contribution in [3.05, 3.63) is 146 Å². The van der Waals surface area contributed by atoms with Gasteiger partial charge >= 0.3 is 11.9 Å². The molecule has 4 aromatic carbocycles. The molecule has 39 heavy (non-hydrogen) atoms. The molecule has 0 unspecified atom stereocenters. The average Bonchev–Trinajstić information content (AvgIpc) is 3.32. The summed E-state index contributed by atoms with van der Waals surface area (Å²) in [5.41, 5.74) is -0.126. The summed E-state index contributed by atoms with van der Waals surface area (Å²) in [4.78, 5) is 53.1. The molecular formula is C30H21N2O6P. The number of nitrogens with zero attached hydrogens (tertiary/aromatic N) is 2. The van der Waals surface area contributed by atoms with Gasteiger partial charge in [0.25, 0.3) is 11.1 Å². The van der Waals surface area contributed by atoms with Crippen LogP contribution in [0.25, 0.3) is 10.8 Å². The van der Waals surface area contributed by atoms with Crippen molar-refractivity contribution in [2.24, 2.45) is 0 Å². The summed E-state index contributed by atoms with van der Waals surface area (Å²) >= 11 is 0. The second-order valence-electron chi connectivity index (χ2n) is 9.12. The van der Waals surface area contributed by atoms with Crippen molar-refractivity contribution in [3.8, 4) is 0 Å². The Balaban J connectivity index is 1.82. The minimum absolute atomic E-state index is 0.0113. The quantitative estimate of drug-likeness (QED) is 0.320. The zero-order valence-corrected chi connectivity index (χ0v) is 21.2. The van der Waals surface area contributed by atoms with Gasteiger partial charge in [0.1, 0.15) is 11.6 Å². The van der Waals surface area contributed by atoms with Crippen molar-refractivity contribution in [1.29, 1.82) is 0 Å². The molecule has 8 nitrogen and oxygen atoms in total. The number of hydrogen-bond donors (Lipinski definition) is 2. The fraction of sp³-hybridized carbons (Fsp3) is 0.0667. The Kier molecular flexibility index (Phi) is 5.97. The predicted molar refractivity (Wildman–Crippen MR) is 149 cm³/mol. The highest BCUT2D eigenvalue weighted by Gasteiger charge is 2.47. The Hall–Kier alpha value is -4.81. The van der Waals surface area contributed by atoms with Crippen LogP contribution in [0.5, 0.6) is 0 Å². The van der Waals surface area contributed by atoms with Crippen LogP contribution in [-0.4, -0.2) is 31.5 Å². The topological polar surface area (TPSA) is 119 Å². The third-order valence-corrected chi connectivity index (χ3v) is 9.96. The molecule has 2 atom stereocenters. The van der Waals surface area contributed by atoms with E-state index in [1.807, 2.05) is 30.3 Å². The molecule has 0 fully saturated rings. The molecule has 0 bridgehead atoms. The third kappa shape index (κ3) is 3.80. The van der Waals surface area contributed by atoms with Crippen LogP contribution in [0.3, 0.4) is 0 Å². The Morgan fingerprint density at radius 3 is 1.38 bits per heavy atom. The van der Waals surface area contributed by atoms with Gasteiger partial charge in [-0.15, -0.1) is 0 Å². The highest BCUT2D eigenvalue weighted by molar-refractivity contribution is 7.66. The van der Waals surface area contributed by atoms with Crippen molar-refractivity contribution < 1.29 is 19.8 Å². The van der Waals surface area contributed by atoms with E-state index >= 15 is 0 Å². The van der Waals surface area contributed by atoms with Gasteiger partial charge in [0.05, 0.1) is 21.9 Å². The minimum Gasteiger partial charge on any atom is -0.478 e. The maximum atomic E-state index is 14.2. The van der Waals surface area contributed by atoms with E-state index in [2.05, 4.69) is 0 Å². The van der Waals surface area contributed by atoms with E-state index in [1.54, 1.807) is 60.7 Å². The first-order valence-electron chi connectivity index (χ1n) is 12.1. The van der Waals surface area contributed by atoms with Crippen molar-refractivity contribution >= 4 is 35.9 Å². The van der Waals surface area contributed by atoms with E-state index in [4.69, 9.17) is 0 Å². The highest BCUT2D eigenvalue weighted by atomic mass is 31.1. The number of fused-ring (bicyclic) bond motifs is 2. The normalized spacial score (nSPS) is 16.7. The van der Waals surface area contributed by atoms with Gasteiger partial charge < -0.3 is 10.2 Å². The molecule has 1 aliphatic heterocycles. The standard InChI is InChI=1S/C30H21N2O6P/c33-25-19-12-4-5-13-20(19)26(34)32-28(22-15-7-9-17-24(22)30(37)38)39(18-10-2-1-3-11-18)27(31(25)32)21-14-6-8-16-23(21)29(35)36/h1-17,27-28H,(H,35,36)(H,37,38)/t27-,28-/m1/s1.